The van der Waals surface area contributed by atoms with Gasteiger partial charge in [-0.05, 0) is 61.6 Å². The van der Waals surface area contributed by atoms with Gasteiger partial charge in [0.2, 0.25) is 0 Å². The Morgan fingerprint density at radius 3 is 2.85 bits per heavy atom. The maximum Gasteiger partial charge on any atom is 0.115 e. The minimum atomic E-state index is 0.403. The summed E-state index contributed by atoms with van der Waals surface area (Å²) in [4.78, 5) is 0. The standard InChI is InChI=1S/C17H25NOS/c1-20-17(9-2-3-10-17)12-18-16-6-4-5-13-11-14(19)7-8-15(13)16/h7-8,11,16,18-19H,2-6,9-10,12H2,1H3. The molecule has 0 saturated heterocycles. The number of hydrogen-bond acceptors (Lipinski definition) is 3. The number of aryl methyl sites for hydroxylation is 1. The van der Waals surface area contributed by atoms with E-state index in [1.165, 1.54) is 49.7 Å². The van der Waals surface area contributed by atoms with Gasteiger partial charge in [0.05, 0.1) is 0 Å². The summed E-state index contributed by atoms with van der Waals surface area (Å²) >= 11 is 2.05. The molecule has 1 unspecified atom stereocenters. The van der Waals surface area contributed by atoms with Crippen LogP contribution >= 0.6 is 11.8 Å². The van der Waals surface area contributed by atoms with Crippen LogP contribution in [-0.4, -0.2) is 22.7 Å². The van der Waals surface area contributed by atoms with Crippen LogP contribution in [0.4, 0.5) is 0 Å². The molecule has 2 N–H and O–H groups in total. The summed E-state index contributed by atoms with van der Waals surface area (Å²) in [5.74, 6) is 0.403. The van der Waals surface area contributed by atoms with Crippen molar-refractivity contribution in [3.8, 4) is 5.75 Å². The molecule has 2 nitrogen and oxygen atoms in total. The van der Waals surface area contributed by atoms with E-state index < -0.39 is 0 Å². The summed E-state index contributed by atoms with van der Waals surface area (Å²) in [5.41, 5.74) is 2.74. The lowest BCUT2D eigenvalue weighted by Crippen LogP contribution is -2.38. The number of nitrogens with one attached hydrogen (secondary N) is 1. The summed E-state index contributed by atoms with van der Waals surface area (Å²) < 4.78 is 0.467. The van der Waals surface area contributed by atoms with Gasteiger partial charge in [0.15, 0.2) is 0 Å². The topological polar surface area (TPSA) is 32.3 Å². The molecule has 0 heterocycles. The second-order valence-electron chi connectivity index (χ2n) is 6.30. The van der Waals surface area contributed by atoms with Crippen LogP contribution in [0.15, 0.2) is 18.2 Å². The Morgan fingerprint density at radius 1 is 1.30 bits per heavy atom. The first-order valence-electron chi connectivity index (χ1n) is 7.83. The molecule has 1 fully saturated rings. The van der Waals surface area contributed by atoms with E-state index in [-0.39, 0.29) is 0 Å². The quantitative estimate of drug-likeness (QED) is 0.878. The molecule has 1 saturated carbocycles. The highest BCUT2D eigenvalue weighted by Gasteiger charge is 2.33. The van der Waals surface area contributed by atoms with Crippen molar-refractivity contribution < 1.29 is 5.11 Å². The SMILES string of the molecule is CSC1(CNC2CCCc3cc(O)ccc32)CCCC1. The van der Waals surface area contributed by atoms with Crippen LogP contribution in [0.3, 0.4) is 0 Å². The summed E-state index contributed by atoms with van der Waals surface area (Å²) in [6.07, 6.45) is 11.3. The maximum absolute atomic E-state index is 9.63. The molecule has 0 aliphatic heterocycles. The highest BCUT2D eigenvalue weighted by molar-refractivity contribution is 8.00. The van der Waals surface area contributed by atoms with Crippen molar-refractivity contribution in [3.63, 3.8) is 0 Å². The second-order valence-corrected chi connectivity index (χ2v) is 7.58. The van der Waals surface area contributed by atoms with Crippen LogP contribution < -0.4 is 5.32 Å². The van der Waals surface area contributed by atoms with Gasteiger partial charge < -0.3 is 10.4 Å². The van der Waals surface area contributed by atoms with Crippen LogP contribution in [0.5, 0.6) is 5.75 Å². The molecule has 1 aromatic rings. The molecule has 2 aliphatic rings. The molecule has 0 radical (unpaired) electrons. The van der Waals surface area contributed by atoms with E-state index in [0.29, 0.717) is 16.5 Å². The van der Waals surface area contributed by atoms with E-state index in [2.05, 4.69) is 17.6 Å². The normalized spacial score (nSPS) is 24.6. The molecule has 2 aliphatic carbocycles. The van der Waals surface area contributed by atoms with Crippen molar-refractivity contribution in [2.45, 2.75) is 55.7 Å². The first-order valence-corrected chi connectivity index (χ1v) is 9.05. The fraction of sp³-hybridized carbons (Fsp3) is 0.647. The molecule has 0 bridgehead atoms. The molecular formula is C17H25NOS. The fourth-order valence-corrected chi connectivity index (χ4v) is 4.72. The van der Waals surface area contributed by atoms with E-state index in [9.17, 15) is 5.11 Å². The van der Waals surface area contributed by atoms with Gasteiger partial charge in [-0.1, -0.05) is 18.9 Å². The second kappa shape index (κ2) is 5.98. The summed E-state index contributed by atoms with van der Waals surface area (Å²) in [6, 6.07) is 6.37. The predicted octanol–water partition coefficient (Wildman–Crippen LogP) is 4.04. The highest BCUT2D eigenvalue weighted by atomic mass is 32.2. The minimum Gasteiger partial charge on any atom is -0.508 e. The number of phenolic OH excluding ortho intramolecular Hbond substituents is 1. The van der Waals surface area contributed by atoms with Crippen molar-refractivity contribution in [2.24, 2.45) is 0 Å². The van der Waals surface area contributed by atoms with Crippen LogP contribution in [0.1, 0.15) is 55.7 Å². The molecule has 0 aromatic heterocycles. The summed E-state index contributed by atoms with van der Waals surface area (Å²) in [6.45, 7) is 1.12. The minimum absolute atomic E-state index is 0.403. The number of aromatic hydroxyl groups is 1. The van der Waals surface area contributed by atoms with Crippen LogP contribution in [-0.2, 0) is 6.42 Å². The zero-order valence-electron chi connectivity index (χ0n) is 12.3. The molecule has 0 amide bonds. The zero-order chi connectivity index (χ0) is 14.0. The van der Waals surface area contributed by atoms with Crippen molar-refractivity contribution in [3.05, 3.63) is 29.3 Å². The number of fused-ring (bicyclic) bond motifs is 1. The van der Waals surface area contributed by atoms with Crippen LogP contribution in [0, 0.1) is 0 Å². The zero-order valence-corrected chi connectivity index (χ0v) is 13.1. The largest absolute Gasteiger partial charge is 0.508 e. The monoisotopic (exact) mass is 291 g/mol. The first kappa shape index (κ1) is 14.3. The molecule has 1 atom stereocenters. The van der Waals surface area contributed by atoms with Gasteiger partial charge >= 0.3 is 0 Å². The summed E-state index contributed by atoms with van der Waals surface area (Å²) in [7, 11) is 0. The first-order chi connectivity index (χ1) is 9.72. The number of thioether (sulfide) groups is 1. The third-order valence-electron chi connectivity index (χ3n) is 5.06. The van der Waals surface area contributed by atoms with E-state index >= 15 is 0 Å². The van der Waals surface area contributed by atoms with E-state index in [1.54, 1.807) is 0 Å². The van der Waals surface area contributed by atoms with Gasteiger partial charge in [-0.3, -0.25) is 0 Å². The van der Waals surface area contributed by atoms with Gasteiger partial charge in [-0.2, -0.15) is 11.8 Å². The van der Waals surface area contributed by atoms with E-state index in [1.807, 2.05) is 23.9 Å². The lowest BCUT2D eigenvalue weighted by Gasteiger charge is -2.32. The molecule has 1 aromatic carbocycles. The number of benzene rings is 1. The van der Waals surface area contributed by atoms with Gasteiger partial charge in [-0.25, -0.2) is 0 Å². The number of hydrogen-bond donors (Lipinski definition) is 2. The molecule has 110 valence electrons. The average molecular weight is 291 g/mol. The highest BCUT2D eigenvalue weighted by Crippen LogP contribution is 2.40. The Morgan fingerprint density at radius 2 is 2.10 bits per heavy atom. The van der Waals surface area contributed by atoms with Crippen LogP contribution in [0.2, 0.25) is 0 Å². The Kier molecular flexibility index (Phi) is 4.27. The fourth-order valence-electron chi connectivity index (χ4n) is 3.79. The van der Waals surface area contributed by atoms with Gasteiger partial charge in [0.1, 0.15) is 5.75 Å². The lowest BCUT2D eigenvalue weighted by molar-refractivity contribution is 0.421. The van der Waals surface area contributed by atoms with E-state index in [0.717, 1.165) is 13.0 Å². The Balaban J connectivity index is 1.70. The maximum atomic E-state index is 9.63. The Labute approximate surface area is 126 Å². The van der Waals surface area contributed by atoms with Crippen molar-refractivity contribution >= 4 is 11.8 Å². The molecule has 0 spiro atoms. The van der Waals surface area contributed by atoms with Crippen molar-refractivity contribution in [1.82, 2.24) is 5.32 Å². The van der Waals surface area contributed by atoms with Gasteiger partial charge in [-0.15, -0.1) is 0 Å². The predicted molar refractivity (Wildman–Crippen MR) is 86.5 cm³/mol. The van der Waals surface area contributed by atoms with Gasteiger partial charge in [0, 0.05) is 17.3 Å². The third kappa shape index (κ3) is 2.84. The van der Waals surface area contributed by atoms with Crippen molar-refractivity contribution in [2.75, 3.05) is 12.8 Å². The third-order valence-corrected chi connectivity index (χ3v) is 6.48. The molecular weight excluding hydrogens is 266 g/mol. The molecule has 3 heteroatoms. The Bertz CT molecular complexity index is 468. The Hall–Kier alpha value is -0.670. The number of phenols is 1. The van der Waals surface area contributed by atoms with Crippen molar-refractivity contribution in [1.29, 1.82) is 0 Å². The molecule has 3 rings (SSSR count). The lowest BCUT2D eigenvalue weighted by atomic mass is 9.87. The smallest absolute Gasteiger partial charge is 0.115 e. The number of rotatable bonds is 4. The van der Waals surface area contributed by atoms with Gasteiger partial charge in [0.25, 0.3) is 0 Å². The van der Waals surface area contributed by atoms with Crippen LogP contribution in [0.25, 0.3) is 0 Å². The molecule has 20 heavy (non-hydrogen) atoms. The summed E-state index contributed by atoms with van der Waals surface area (Å²) in [5, 5.41) is 13.5. The average Bonchev–Trinajstić information content (AvgIpc) is 2.94. The van der Waals surface area contributed by atoms with E-state index in [4.69, 9.17) is 0 Å².